The van der Waals surface area contributed by atoms with Gasteiger partial charge in [0, 0.05) is 22.8 Å². The fourth-order valence-corrected chi connectivity index (χ4v) is 3.00. The predicted octanol–water partition coefficient (Wildman–Crippen LogP) is 4.06. The van der Waals surface area contributed by atoms with Crippen molar-refractivity contribution in [2.75, 3.05) is 18.4 Å². The number of amides is 1. The highest BCUT2D eigenvalue weighted by Gasteiger charge is 2.15. The first kappa shape index (κ1) is 15.1. The van der Waals surface area contributed by atoms with E-state index in [9.17, 15) is 4.79 Å². The van der Waals surface area contributed by atoms with E-state index in [4.69, 9.17) is 11.6 Å². The Morgan fingerprint density at radius 1 is 1.18 bits per heavy atom. The number of rotatable bonds is 3. The van der Waals surface area contributed by atoms with Crippen LogP contribution < -0.4 is 10.6 Å². The third kappa shape index (κ3) is 3.67. The maximum atomic E-state index is 12.2. The van der Waals surface area contributed by atoms with Gasteiger partial charge in [0.1, 0.15) is 0 Å². The van der Waals surface area contributed by atoms with Gasteiger partial charge in [-0.3, -0.25) is 4.79 Å². The molecule has 2 aromatic rings. The van der Waals surface area contributed by atoms with Crippen LogP contribution >= 0.6 is 11.6 Å². The van der Waals surface area contributed by atoms with Gasteiger partial charge in [-0.15, -0.1) is 0 Å². The number of carbonyl (C=O) groups is 1. The van der Waals surface area contributed by atoms with Gasteiger partial charge in [0.25, 0.3) is 5.91 Å². The van der Waals surface area contributed by atoms with E-state index >= 15 is 0 Å². The second kappa shape index (κ2) is 6.95. The molecule has 0 bridgehead atoms. The summed E-state index contributed by atoms with van der Waals surface area (Å²) < 4.78 is 0. The maximum Gasteiger partial charge on any atom is 0.255 e. The highest BCUT2D eigenvalue weighted by molar-refractivity contribution is 6.31. The molecule has 0 saturated carbocycles. The van der Waals surface area contributed by atoms with Crippen molar-refractivity contribution in [3.8, 4) is 0 Å². The molecule has 2 N–H and O–H groups in total. The molecule has 2 aromatic carbocycles. The first-order valence-corrected chi connectivity index (χ1v) is 7.98. The quantitative estimate of drug-likeness (QED) is 0.897. The Bertz CT molecular complexity index is 648. The summed E-state index contributed by atoms with van der Waals surface area (Å²) in [4.78, 5) is 12.2. The summed E-state index contributed by atoms with van der Waals surface area (Å²) in [6.07, 6.45) is 2.44. The van der Waals surface area contributed by atoms with Crippen molar-refractivity contribution in [1.82, 2.24) is 5.32 Å². The molecule has 1 heterocycles. The third-order valence-corrected chi connectivity index (χ3v) is 4.26. The van der Waals surface area contributed by atoms with Crippen LogP contribution in [0.15, 0.2) is 48.5 Å². The van der Waals surface area contributed by atoms with Crippen LogP contribution in [0.3, 0.4) is 0 Å². The van der Waals surface area contributed by atoms with Gasteiger partial charge in [-0.05, 0) is 61.2 Å². The van der Waals surface area contributed by atoms with E-state index in [1.807, 2.05) is 12.1 Å². The van der Waals surface area contributed by atoms with Crippen molar-refractivity contribution < 1.29 is 4.79 Å². The number of nitrogens with one attached hydrogen (secondary N) is 2. The first-order valence-electron chi connectivity index (χ1n) is 7.60. The van der Waals surface area contributed by atoms with Gasteiger partial charge in [0.15, 0.2) is 0 Å². The molecule has 114 valence electrons. The molecule has 4 heteroatoms. The maximum absolute atomic E-state index is 12.2. The average molecular weight is 315 g/mol. The minimum Gasteiger partial charge on any atom is -0.322 e. The zero-order chi connectivity index (χ0) is 15.4. The third-order valence-electron chi connectivity index (χ3n) is 4.02. The first-order chi connectivity index (χ1) is 10.7. The second-order valence-electron chi connectivity index (χ2n) is 5.63. The molecule has 22 heavy (non-hydrogen) atoms. The Labute approximate surface area is 135 Å². The Balaban J connectivity index is 1.66. The molecule has 1 aliphatic heterocycles. The monoisotopic (exact) mass is 314 g/mol. The lowest BCUT2D eigenvalue weighted by molar-refractivity contribution is 0.102. The molecular formula is C18H19ClN2O. The van der Waals surface area contributed by atoms with Crippen molar-refractivity contribution in [2.45, 2.75) is 18.8 Å². The highest BCUT2D eigenvalue weighted by atomic mass is 35.5. The number of halogens is 1. The fraction of sp³-hybridized carbons (Fsp3) is 0.278. The number of hydrogen-bond acceptors (Lipinski definition) is 2. The van der Waals surface area contributed by atoms with Gasteiger partial charge < -0.3 is 10.6 Å². The zero-order valence-corrected chi connectivity index (χ0v) is 13.1. The molecule has 1 amide bonds. The summed E-state index contributed by atoms with van der Waals surface area (Å²) in [6.45, 7) is 2.15. The topological polar surface area (TPSA) is 41.1 Å². The summed E-state index contributed by atoms with van der Waals surface area (Å²) >= 11 is 5.91. The van der Waals surface area contributed by atoms with Crippen LogP contribution in [-0.4, -0.2) is 19.0 Å². The molecule has 0 spiro atoms. The largest absolute Gasteiger partial charge is 0.322 e. The molecule has 1 saturated heterocycles. The number of anilines is 1. The molecule has 1 atom stereocenters. The Morgan fingerprint density at radius 2 is 2.00 bits per heavy atom. The minimum absolute atomic E-state index is 0.144. The van der Waals surface area contributed by atoms with Crippen molar-refractivity contribution >= 4 is 23.2 Å². The van der Waals surface area contributed by atoms with Gasteiger partial charge >= 0.3 is 0 Å². The number of benzene rings is 2. The van der Waals surface area contributed by atoms with E-state index < -0.39 is 0 Å². The SMILES string of the molecule is O=C(Nc1ccc([C@@H]2CCCNC2)cc1)c1cccc(Cl)c1. The number of piperidine rings is 1. The number of hydrogen-bond donors (Lipinski definition) is 2. The van der Waals surface area contributed by atoms with Crippen LogP contribution in [-0.2, 0) is 0 Å². The molecule has 3 rings (SSSR count). The van der Waals surface area contributed by atoms with Crippen LogP contribution in [0.25, 0.3) is 0 Å². The lowest BCUT2D eigenvalue weighted by Crippen LogP contribution is -2.28. The molecule has 1 aliphatic rings. The summed E-state index contributed by atoms with van der Waals surface area (Å²) in [6, 6.07) is 15.1. The summed E-state index contributed by atoms with van der Waals surface area (Å²) in [5.74, 6) is 0.431. The molecule has 0 unspecified atom stereocenters. The van der Waals surface area contributed by atoms with E-state index in [2.05, 4.69) is 22.8 Å². The van der Waals surface area contributed by atoms with Gasteiger partial charge in [0.2, 0.25) is 0 Å². The van der Waals surface area contributed by atoms with Crippen LogP contribution in [0, 0.1) is 0 Å². The zero-order valence-electron chi connectivity index (χ0n) is 12.3. The van der Waals surface area contributed by atoms with Crippen LogP contribution in [0.1, 0.15) is 34.7 Å². The smallest absolute Gasteiger partial charge is 0.255 e. The fourth-order valence-electron chi connectivity index (χ4n) is 2.81. The van der Waals surface area contributed by atoms with E-state index in [-0.39, 0.29) is 5.91 Å². The van der Waals surface area contributed by atoms with Crippen molar-refractivity contribution in [3.63, 3.8) is 0 Å². The van der Waals surface area contributed by atoms with Gasteiger partial charge in [-0.2, -0.15) is 0 Å². The average Bonchev–Trinajstić information content (AvgIpc) is 2.56. The Kier molecular flexibility index (Phi) is 4.76. The summed E-state index contributed by atoms with van der Waals surface area (Å²) in [5.41, 5.74) is 2.69. The summed E-state index contributed by atoms with van der Waals surface area (Å²) in [5, 5.41) is 6.89. The van der Waals surface area contributed by atoms with E-state index in [1.165, 1.54) is 18.4 Å². The Hall–Kier alpha value is -1.84. The van der Waals surface area contributed by atoms with E-state index in [1.54, 1.807) is 24.3 Å². The van der Waals surface area contributed by atoms with Crippen LogP contribution in [0.2, 0.25) is 5.02 Å². The second-order valence-corrected chi connectivity index (χ2v) is 6.07. The van der Waals surface area contributed by atoms with Gasteiger partial charge in [-0.25, -0.2) is 0 Å². The molecule has 3 nitrogen and oxygen atoms in total. The van der Waals surface area contributed by atoms with Crippen molar-refractivity contribution in [2.24, 2.45) is 0 Å². The molecule has 1 fully saturated rings. The van der Waals surface area contributed by atoms with Crippen molar-refractivity contribution in [1.29, 1.82) is 0 Å². The van der Waals surface area contributed by atoms with Gasteiger partial charge in [0.05, 0.1) is 0 Å². The summed E-state index contributed by atoms with van der Waals surface area (Å²) in [7, 11) is 0. The van der Waals surface area contributed by atoms with Gasteiger partial charge in [-0.1, -0.05) is 29.8 Å². The van der Waals surface area contributed by atoms with Crippen LogP contribution in [0.5, 0.6) is 0 Å². The van der Waals surface area contributed by atoms with E-state index in [0.29, 0.717) is 16.5 Å². The predicted molar refractivity (Wildman–Crippen MR) is 90.7 cm³/mol. The molecule has 0 aromatic heterocycles. The Morgan fingerprint density at radius 3 is 2.68 bits per heavy atom. The lowest BCUT2D eigenvalue weighted by atomic mass is 9.91. The lowest BCUT2D eigenvalue weighted by Gasteiger charge is -2.23. The standard InChI is InChI=1S/C18H19ClN2O/c19-16-5-1-3-14(11-16)18(22)21-17-8-6-13(7-9-17)15-4-2-10-20-12-15/h1,3,5-9,11,15,20H,2,4,10,12H2,(H,21,22)/t15-/m1/s1. The minimum atomic E-state index is -0.144. The normalized spacial score (nSPS) is 18.0. The highest BCUT2D eigenvalue weighted by Crippen LogP contribution is 2.24. The molecule has 0 radical (unpaired) electrons. The van der Waals surface area contributed by atoms with Crippen molar-refractivity contribution in [3.05, 3.63) is 64.7 Å². The van der Waals surface area contributed by atoms with Crippen LogP contribution in [0.4, 0.5) is 5.69 Å². The molecular weight excluding hydrogens is 296 g/mol. The number of carbonyl (C=O) groups excluding carboxylic acids is 1. The molecule has 0 aliphatic carbocycles. The van der Waals surface area contributed by atoms with E-state index in [0.717, 1.165) is 18.8 Å².